The Hall–Kier alpha value is -2.71. The van der Waals surface area contributed by atoms with Crippen LogP contribution in [-0.4, -0.2) is 71.6 Å². The number of fused-ring (bicyclic) bond motifs is 1. The number of hydrogen-bond acceptors (Lipinski definition) is 6. The van der Waals surface area contributed by atoms with Crippen LogP contribution in [0.3, 0.4) is 0 Å². The van der Waals surface area contributed by atoms with Gasteiger partial charge in [-0.1, -0.05) is 0 Å². The first-order valence-electron chi connectivity index (χ1n) is 11.4. The average Bonchev–Trinajstić information content (AvgIpc) is 3.15. The van der Waals surface area contributed by atoms with Gasteiger partial charge in [0.25, 0.3) is 11.5 Å². The van der Waals surface area contributed by atoms with Gasteiger partial charge in [0.15, 0.2) is 0 Å². The molecule has 0 saturated carbocycles. The third kappa shape index (κ3) is 4.17. The van der Waals surface area contributed by atoms with Crippen molar-refractivity contribution in [2.45, 2.75) is 25.7 Å². The Morgan fingerprint density at radius 3 is 2.44 bits per heavy atom. The lowest BCUT2D eigenvalue weighted by Crippen LogP contribution is -2.35. The summed E-state index contributed by atoms with van der Waals surface area (Å²) in [6, 6.07) is 9.88. The lowest BCUT2D eigenvalue weighted by Gasteiger charge is -2.26. The number of likely N-dealkylation sites (tertiary alicyclic amines) is 1. The van der Waals surface area contributed by atoms with E-state index in [1.807, 2.05) is 17.0 Å². The molecule has 0 aliphatic carbocycles. The van der Waals surface area contributed by atoms with Gasteiger partial charge >= 0.3 is 0 Å². The summed E-state index contributed by atoms with van der Waals surface area (Å²) in [7, 11) is 2.16. The highest BCUT2D eigenvalue weighted by Gasteiger charge is 2.22. The molecule has 4 heterocycles. The van der Waals surface area contributed by atoms with Crippen LogP contribution < -0.4 is 10.5 Å². The van der Waals surface area contributed by atoms with E-state index in [1.165, 1.54) is 23.4 Å². The number of hydrogen-bond donors (Lipinski definition) is 0. The van der Waals surface area contributed by atoms with Crippen LogP contribution in [0.5, 0.6) is 0 Å². The topological polar surface area (TPSA) is 61.7 Å². The zero-order chi connectivity index (χ0) is 22.1. The fourth-order valence-electron chi connectivity index (χ4n) is 4.58. The molecule has 8 heteroatoms. The summed E-state index contributed by atoms with van der Waals surface area (Å²) < 4.78 is 2.11. The maximum absolute atomic E-state index is 13.2. The van der Waals surface area contributed by atoms with Crippen LogP contribution in [0.4, 0.5) is 5.69 Å². The lowest BCUT2D eigenvalue weighted by atomic mass is 10.1. The van der Waals surface area contributed by atoms with Gasteiger partial charge in [0.2, 0.25) is 0 Å². The predicted octanol–water partition coefficient (Wildman–Crippen LogP) is 3.22. The summed E-state index contributed by atoms with van der Waals surface area (Å²) in [6.45, 7) is 5.82. The fraction of sp³-hybridized carbons (Fsp3) is 0.458. The Balaban J connectivity index is 1.40. The normalized spacial score (nSPS) is 18.2. The monoisotopic (exact) mass is 451 g/mol. The number of thiophene rings is 1. The minimum atomic E-state index is -0.123. The molecule has 5 rings (SSSR count). The van der Waals surface area contributed by atoms with Gasteiger partial charge in [-0.05, 0) is 69.6 Å². The van der Waals surface area contributed by atoms with Gasteiger partial charge in [0.1, 0.15) is 11.0 Å². The van der Waals surface area contributed by atoms with Crippen molar-refractivity contribution in [3.05, 3.63) is 51.9 Å². The Morgan fingerprint density at radius 2 is 1.66 bits per heavy atom. The van der Waals surface area contributed by atoms with E-state index in [-0.39, 0.29) is 11.5 Å². The van der Waals surface area contributed by atoms with Gasteiger partial charge in [0, 0.05) is 38.4 Å². The molecule has 2 fully saturated rings. The molecule has 1 aromatic carbocycles. The predicted molar refractivity (Wildman–Crippen MR) is 129 cm³/mol. The first kappa shape index (κ1) is 21.2. The zero-order valence-electron chi connectivity index (χ0n) is 18.5. The maximum Gasteiger partial charge on any atom is 0.275 e. The number of carbonyl (C=O) groups is 1. The van der Waals surface area contributed by atoms with Gasteiger partial charge in [-0.2, -0.15) is 0 Å². The van der Waals surface area contributed by atoms with Crippen molar-refractivity contribution in [1.29, 1.82) is 0 Å². The first-order chi connectivity index (χ1) is 15.6. The molecule has 2 aromatic heterocycles. The standard InChI is InChI=1S/C24H29N5O2S/c1-26-10-5-13-27(15-14-26)18-6-8-19(9-7-18)29-17-25-20-16-21(32-22(20)24(29)31)23(30)28-11-3-2-4-12-28/h6-9,16-17H,2-5,10-15H2,1H3. The Kier molecular flexibility index (Phi) is 5.97. The molecule has 0 spiro atoms. The van der Waals surface area contributed by atoms with E-state index in [0.29, 0.717) is 15.1 Å². The highest BCUT2D eigenvalue weighted by Crippen LogP contribution is 2.25. The number of carbonyl (C=O) groups excluding carboxylic acids is 1. The first-order valence-corrected chi connectivity index (χ1v) is 12.3. The number of rotatable bonds is 3. The van der Waals surface area contributed by atoms with Crippen LogP contribution in [0, 0.1) is 0 Å². The number of aromatic nitrogens is 2. The molecule has 32 heavy (non-hydrogen) atoms. The second-order valence-electron chi connectivity index (χ2n) is 8.76. The van der Waals surface area contributed by atoms with E-state index in [1.54, 1.807) is 17.0 Å². The molecule has 0 unspecified atom stereocenters. The molecule has 1 amide bonds. The number of piperidine rings is 1. The molecule has 7 nitrogen and oxygen atoms in total. The molecule has 3 aromatic rings. The van der Waals surface area contributed by atoms with Gasteiger partial charge < -0.3 is 14.7 Å². The molecule has 0 bridgehead atoms. The second kappa shape index (κ2) is 9.03. The molecular formula is C24H29N5O2S. The SMILES string of the molecule is CN1CCCN(c2ccc(-n3cnc4cc(C(=O)N5CCCCC5)sc4c3=O)cc2)CC1. The molecular weight excluding hydrogens is 422 g/mol. The number of amides is 1. The molecule has 2 saturated heterocycles. The average molecular weight is 452 g/mol. The maximum atomic E-state index is 13.2. The van der Waals surface area contributed by atoms with E-state index < -0.39 is 0 Å². The summed E-state index contributed by atoms with van der Waals surface area (Å²) in [5.41, 5.74) is 2.44. The summed E-state index contributed by atoms with van der Waals surface area (Å²) in [4.78, 5) is 37.8. The number of benzene rings is 1. The highest BCUT2D eigenvalue weighted by molar-refractivity contribution is 7.20. The van der Waals surface area contributed by atoms with Gasteiger partial charge in [-0.25, -0.2) is 4.98 Å². The van der Waals surface area contributed by atoms with Crippen molar-refractivity contribution in [1.82, 2.24) is 19.4 Å². The van der Waals surface area contributed by atoms with Crippen molar-refractivity contribution in [3.63, 3.8) is 0 Å². The van der Waals surface area contributed by atoms with Gasteiger partial charge in [0.05, 0.1) is 16.1 Å². The van der Waals surface area contributed by atoms with Crippen LogP contribution >= 0.6 is 11.3 Å². The fourth-order valence-corrected chi connectivity index (χ4v) is 5.59. The summed E-state index contributed by atoms with van der Waals surface area (Å²) >= 11 is 1.26. The van der Waals surface area contributed by atoms with Crippen molar-refractivity contribution < 1.29 is 4.79 Å². The van der Waals surface area contributed by atoms with Crippen LogP contribution in [0.15, 0.2) is 41.5 Å². The quantitative estimate of drug-likeness (QED) is 0.612. The van der Waals surface area contributed by atoms with Crippen LogP contribution in [0.1, 0.15) is 35.4 Å². The summed E-state index contributed by atoms with van der Waals surface area (Å²) in [6.07, 6.45) is 5.99. The molecule has 2 aliphatic rings. The van der Waals surface area contributed by atoms with E-state index in [4.69, 9.17) is 0 Å². The molecule has 0 radical (unpaired) electrons. The summed E-state index contributed by atoms with van der Waals surface area (Å²) in [5.74, 6) is 0.0195. The number of likely N-dealkylation sites (N-methyl/N-ethyl adjacent to an activating group) is 1. The molecule has 2 aliphatic heterocycles. The van der Waals surface area contributed by atoms with Gasteiger partial charge in [-0.3, -0.25) is 14.2 Å². The summed E-state index contributed by atoms with van der Waals surface area (Å²) in [5, 5.41) is 0. The lowest BCUT2D eigenvalue weighted by molar-refractivity contribution is 0.0729. The Morgan fingerprint density at radius 1 is 0.906 bits per heavy atom. The minimum Gasteiger partial charge on any atom is -0.370 e. The van der Waals surface area contributed by atoms with Crippen LogP contribution in [0.25, 0.3) is 15.9 Å². The second-order valence-corrected chi connectivity index (χ2v) is 9.81. The zero-order valence-corrected chi connectivity index (χ0v) is 19.3. The van der Waals surface area contributed by atoms with Crippen LogP contribution in [0.2, 0.25) is 0 Å². The molecule has 168 valence electrons. The molecule has 0 N–H and O–H groups in total. The van der Waals surface area contributed by atoms with Crippen molar-refractivity contribution in [2.75, 3.05) is 51.2 Å². The van der Waals surface area contributed by atoms with E-state index in [0.717, 1.165) is 64.2 Å². The number of nitrogens with zero attached hydrogens (tertiary/aromatic N) is 5. The smallest absolute Gasteiger partial charge is 0.275 e. The van der Waals surface area contributed by atoms with Crippen molar-refractivity contribution in [3.8, 4) is 5.69 Å². The minimum absolute atomic E-state index is 0.0195. The third-order valence-electron chi connectivity index (χ3n) is 6.50. The Labute approximate surface area is 191 Å². The van der Waals surface area contributed by atoms with Crippen LogP contribution in [-0.2, 0) is 0 Å². The third-order valence-corrected chi connectivity index (χ3v) is 7.60. The van der Waals surface area contributed by atoms with E-state index in [2.05, 4.69) is 34.0 Å². The highest BCUT2D eigenvalue weighted by atomic mass is 32.1. The van der Waals surface area contributed by atoms with E-state index in [9.17, 15) is 9.59 Å². The van der Waals surface area contributed by atoms with Crippen molar-refractivity contribution >= 4 is 33.1 Å². The van der Waals surface area contributed by atoms with E-state index >= 15 is 0 Å². The molecule has 0 atom stereocenters. The van der Waals surface area contributed by atoms with Crippen molar-refractivity contribution in [2.24, 2.45) is 0 Å². The van der Waals surface area contributed by atoms with Gasteiger partial charge in [-0.15, -0.1) is 11.3 Å². The Bertz CT molecular complexity index is 1160. The number of anilines is 1. The largest absolute Gasteiger partial charge is 0.370 e.